The van der Waals surface area contributed by atoms with E-state index in [0.29, 0.717) is 0 Å². The van der Waals surface area contributed by atoms with Gasteiger partial charge in [-0.15, -0.1) is 0 Å². The minimum atomic E-state index is -0.480. The van der Waals surface area contributed by atoms with Crippen molar-refractivity contribution in [3.05, 3.63) is 308 Å². The predicted molar refractivity (Wildman–Crippen MR) is 279 cm³/mol. The largest absolute Gasteiger partial charge is 0.0713 e. The molecule has 13 rings (SSSR count). The summed E-state index contributed by atoms with van der Waals surface area (Å²) in [7, 11) is 0. The Morgan fingerprint density at radius 1 is 0.313 bits per heavy atom. The van der Waals surface area contributed by atoms with E-state index in [1.165, 1.54) is 111 Å². The quantitative estimate of drug-likeness (QED) is 0.146. The van der Waals surface area contributed by atoms with Gasteiger partial charge in [0.25, 0.3) is 0 Å². The molecule has 0 aromatic heterocycles. The molecule has 0 N–H and O–H groups in total. The minimum Gasteiger partial charge on any atom is -0.0622 e. The van der Waals surface area contributed by atoms with Gasteiger partial charge < -0.3 is 0 Å². The summed E-state index contributed by atoms with van der Waals surface area (Å²) in [6.45, 7) is 9.71. The molecular weight excluding hydrogens is 805 g/mol. The lowest BCUT2D eigenvalue weighted by molar-refractivity contribution is 0.592. The van der Waals surface area contributed by atoms with E-state index in [9.17, 15) is 0 Å². The van der Waals surface area contributed by atoms with Crippen molar-refractivity contribution < 1.29 is 0 Å². The van der Waals surface area contributed by atoms with Crippen LogP contribution in [-0.2, 0) is 16.2 Å². The van der Waals surface area contributed by atoms with Gasteiger partial charge >= 0.3 is 0 Å². The standard InChI is InChI=1S/C67H52/c1-65(2)57-28-16-13-27-53(57)56-40-47(34-38-58(56)65)63(46-32-31-43-19-11-12-22-45(43)39-46)48-33-36-54-61(41-48)66(3,4)62-42-50(35-37-55(62)64(54)44-20-7-5-8-21-44)67(49-23-9-6-10-24-49)59-29-17-14-25-51(59)52-26-15-18-30-60(52)67/h5-42,63-64H,1-4H3. The van der Waals surface area contributed by atoms with E-state index in [4.69, 9.17) is 0 Å². The lowest BCUT2D eigenvalue weighted by Crippen LogP contribution is -2.33. The zero-order valence-corrected chi connectivity index (χ0v) is 38.6. The predicted octanol–water partition coefficient (Wildman–Crippen LogP) is 16.5. The summed E-state index contributed by atoms with van der Waals surface area (Å²) in [5.41, 5.74) is 23.4. The Hall–Kier alpha value is -7.54. The molecule has 0 saturated carbocycles. The second-order valence-corrected chi connectivity index (χ2v) is 20.3. The first-order chi connectivity index (χ1) is 32.7. The van der Waals surface area contributed by atoms with Crippen LogP contribution in [0.4, 0.5) is 0 Å². The molecule has 0 heteroatoms. The van der Waals surface area contributed by atoms with Gasteiger partial charge in [-0.25, -0.2) is 0 Å². The first-order valence-corrected chi connectivity index (χ1v) is 24.1. The molecule has 0 spiro atoms. The Labute approximate surface area is 395 Å². The van der Waals surface area contributed by atoms with Gasteiger partial charge in [-0.2, -0.15) is 0 Å². The number of rotatable bonds is 6. The van der Waals surface area contributed by atoms with Gasteiger partial charge in [0, 0.05) is 22.7 Å². The molecule has 0 amide bonds. The van der Waals surface area contributed by atoms with E-state index in [2.05, 4.69) is 258 Å². The maximum Gasteiger partial charge on any atom is 0.0713 e. The highest BCUT2D eigenvalue weighted by Gasteiger charge is 2.48. The Bertz CT molecular complexity index is 3540. The fraction of sp³-hybridized carbons (Fsp3) is 0.134. The van der Waals surface area contributed by atoms with Crippen molar-refractivity contribution in [3.63, 3.8) is 0 Å². The second-order valence-electron chi connectivity index (χ2n) is 20.3. The second kappa shape index (κ2) is 14.7. The van der Waals surface area contributed by atoms with Crippen LogP contribution in [0.15, 0.2) is 231 Å². The summed E-state index contributed by atoms with van der Waals surface area (Å²) in [6.07, 6.45) is 0. The van der Waals surface area contributed by atoms with E-state index in [-0.39, 0.29) is 22.7 Å². The van der Waals surface area contributed by atoms with Gasteiger partial charge in [-0.05, 0) is 117 Å². The molecule has 320 valence electrons. The third-order valence-electron chi connectivity index (χ3n) is 16.2. The topological polar surface area (TPSA) is 0 Å². The fourth-order valence-electron chi connectivity index (χ4n) is 13.0. The first-order valence-electron chi connectivity index (χ1n) is 24.1. The van der Waals surface area contributed by atoms with Gasteiger partial charge in [0.15, 0.2) is 0 Å². The number of hydrogen-bond donors (Lipinski definition) is 0. The van der Waals surface area contributed by atoms with Crippen molar-refractivity contribution in [2.45, 2.75) is 55.8 Å². The molecule has 0 saturated heterocycles. The highest BCUT2D eigenvalue weighted by atomic mass is 14.5. The summed E-state index contributed by atoms with van der Waals surface area (Å²) in [5, 5.41) is 2.53. The molecule has 0 heterocycles. The highest BCUT2D eigenvalue weighted by Crippen LogP contribution is 2.58. The van der Waals surface area contributed by atoms with Crippen LogP contribution in [0.2, 0.25) is 0 Å². The van der Waals surface area contributed by atoms with Crippen molar-refractivity contribution in [3.8, 4) is 22.3 Å². The molecule has 2 unspecified atom stereocenters. The van der Waals surface area contributed by atoms with E-state index in [0.717, 1.165) is 0 Å². The third kappa shape index (κ3) is 5.72. The summed E-state index contributed by atoms with van der Waals surface area (Å²) in [4.78, 5) is 0. The molecule has 10 aromatic carbocycles. The van der Waals surface area contributed by atoms with Crippen LogP contribution in [0.5, 0.6) is 0 Å². The Morgan fingerprint density at radius 2 is 0.791 bits per heavy atom. The van der Waals surface area contributed by atoms with Crippen molar-refractivity contribution in [2.75, 3.05) is 0 Å². The lowest BCUT2D eigenvalue weighted by atomic mass is 9.61. The minimum absolute atomic E-state index is 0.0163. The van der Waals surface area contributed by atoms with Crippen LogP contribution in [0.1, 0.15) is 117 Å². The van der Waals surface area contributed by atoms with Crippen LogP contribution < -0.4 is 0 Å². The van der Waals surface area contributed by atoms with Crippen molar-refractivity contribution in [1.82, 2.24) is 0 Å². The van der Waals surface area contributed by atoms with Gasteiger partial charge in [-0.1, -0.05) is 252 Å². The summed E-state index contributed by atoms with van der Waals surface area (Å²) >= 11 is 0. The Kier molecular flexibility index (Phi) is 8.75. The zero-order chi connectivity index (χ0) is 45.1. The molecule has 2 atom stereocenters. The van der Waals surface area contributed by atoms with E-state index >= 15 is 0 Å². The SMILES string of the molecule is CC1(C)c2ccccc2-c2cc(C(c3ccc4c(c3)C(C)(C)c3cc(C5(c6ccccc6)c6ccccc6-c6ccccc65)ccc3C4c3ccccc3)c3ccc4ccccc4c3)ccc21. The van der Waals surface area contributed by atoms with Crippen molar-refractivity contribution in [1.29, 1.82) is 0 Å². The van der Waals surface area contributed by atoms with E-state index < -0.39 is 5.41 Å². The summed E-state index contributed by atoms with van der Waals surface area (Å²) in [6, 6.07) is 88.0. The van der Waals surface area contributed by atoms with Crippen LogP contribution in [-0.4, -0.2) is 0 Å². The number of hydrogen-bond acceptors (Lipinski definition) is 0. The molecule has 0 aliphatic heterocycles. The molecule has 3 aliphatic rings. The number of fused-ring (bicyclic) bond motifs is 9. The third-order valence-corrected chi connectivity index (χ3v) is 16.2. The smallest absolute Gasteiger partial charge is 0.0622 e. The van der Waals surface area contributed by atoms with Gasteiger partial charge in [0.2, 0.25) is 0 Å². The molecule has 3 aliphatic carbocycles. The van der Waals surface area contributed by atoms with Gasteiger partial charge in [0.05, 0.1) is 5.41 Å². The van der Waals surface area contributed by atoms with E-state index in [1.807, 2.05) is 0 Å². The summed E-state index contributed by atoms with van der Waals surface area (Å²) in [5.74, 6) is 0.0960. The molecule has 67 heavy (non-hydrogen) atoms. The average molecular weight is 857 g/mol. The maximum absolute atomic E-state index is 2.60. The molecule has 0 fully saturated rings. The van der Waals surface area contributed by atoms with E-state index in [1.54, 1.807) is 0 Å². The normalized spacial score (nSPS) is 16.8. The van der Waals surface area contributed by atoms with Crippen LogP contribution in [0, 0.1) is 0 Å². The molecule has 0 bridgehead atoms. The van der Waals surface area contributed by atoms with Crippen molar-refractivity contribution >= 4 is 10.8 Å². The van der Waals surface area contributed by atoms with Crippen LogP contribution >= 0.6 is 0 Å². The van der Waals surface area contributed by atoms with Crippen LogP contribution in [0.3, 0.4) is 0 Å². The highest BCUT2D eigenvalue weighted by molar-refractivity contribution is 5.87. The van der Waals surface area contributed by atoms with Gasteiger partial charge in [0.1, 0.15) is 0 Å². The van der Waals surface area contributed by atoms with Crippen LogP contribution in [0.25, 0.3) is 33.0 Å². The Morgan fingerprint density at radius 3 is 1.49 bits per heavy atom. The molecule has 10 aromatic rings. The monoisotopic (exact) mass is 856 g/mol. The Balaban J connectivity index is 1.04. The first kappa shape index (κ1) is 39.8. The summed E-state index contributed by atoms with van der Waals surface area (Å²) < 4.78 is 0. The average Bonchev–Trinajstić information content (AvgIpc) is 3.80. The maximum atomic E-state index is 2.60. The molecule has 0 radical (unpaired) electrons. The number of benzene rings is 10. The lowest BCUT2D eigenvalue weighted by Gasteiger charge is -2.42. The zero-order valence-electron chi connectivity index (χ0n) is 38.6. The molecule has 0 nitrogen and oxygen atoms in total. The fourth-order valence-corrected chi connectivity index (χ4v) is 13.0. The van der Waals surface area contributed by atoms with Gasteiger partial charge in [-0.3, -0.25) is 0 Å². The molecular formula is C67H52. The van der Waals surface area contributed by atoms with Crippen molar-refractivity contribution in [2.24, 2.45) is 0 Å².